The fraction of sp³-hybridized carbons (Fsp3) is 0.333. The van der Waals surface area contributed by atoms with Gasteiger partial charge < -0.3 is 21.3 Å². The maximum atomic E-state index is 11.7. The molecule has 1 rings (SSSR count). The number of nitrogens with one attached hydrogen (secondary N) is 1. The molecule has 1 unspecified atom stereocenters. The van der Waals surface area contributed by atoms with E-state index >= 15 is 0 Å². The number of carbonyl (C=O) groups is 2. The lowest BCUT2D eigenvalue weighted by atomic mass is 10.1. The predicted molar refractivity (Wildman–Crippen MR) is 65.3 cm³/mol. The van der Waals surface area contributed by atoms with Gasteiger partial charge in [-0.25, -0.2) is 4.79 Å². The molecule has 1 atom stereocenters. The number of nitrogens with two attached hydrogens (primary N) is 1. The number of amides is 1. The lowest BCUT2D eigenvalue weighted by Crippen LogP contribution is -2.41. The van der Waals surface area contributed by atoms with Gasteiger partial charge in [0.25, 0.3) is 5.91 Å². The zero-order valence-corrected chi connectivity index (χ0v) is 9.80. The van der Waals surface area contributed by atoms with Crippen molar-refractivity contribution in [2.75, 3.05) is 6.54 Å². The second kappa shape index (κ2) is 6.61. The number of carboxylic acid groups (broad SMARTS) is 1. The maximum Gasteiger partial charge on any atom is 0.326 e. The Kier molecular flexibility index (Phi) is 5.13. The number of hydrogen-bond donors (Lipinski definition) is 4. The zero-order chi connectivity index (χ0) is 13.5. The van der Waals surface area contributed by atoms with Crippen LogP contribution in [0.4, 0.5) is 0 Å². The first-order chi connectivity index (χ1) is 8.54. The standard InChI is InChI=1S/C12H16N2O4/c13-7-1-2-10(12(17)18)14-11(16)8-3-5-9(15)6-4-8/h3-6,10,15H,1-2,7,13H2,(H,14,16)(H,17,18). The van der Waals surface area contributed by atoms with Crippen molar-refractivity contribution in [1.29, 1.82) is 0 Å². The van der Waals surface area contributed by atoms with E-state index < -0.39 is 17.9 Å². The number of rotatable bonds is 6. The van der Waals surface area contributed by atoms with Gasteiger partial charge in [-0.1, -0.05) is 0 Å². The molecular weight excluding hydrogens is 236 g/mol. The molecular formula is C12H16N2O4. The van der Waals surface area contributed by atoms with Crippen molar-refractivity contribution >= 4 is 11.9 Å². The van der Waals surface area contributed by atoms with E-state index in [4.69, 9.17) is 15.9 Å². The highest BCUT2D eigenvalue weighted by Crippen LogP contribution is 2.10. The molecule has 6 heteroatoms. The van der Waals surface area contributed by atoms with Gasteiger partial charge in [-0.2, -0.15) is 0 Å². The Balaban J connectivity index is 2.66. The van der Waals surface area contributed by atoms with Crippen LogP contribution in [-0.2, 0) is 4.79 Å². The third-order valence-electron chi connectivity index (χ3n) is 2.43. The van der Waals surface area contributed by atoms with E-state index in [1.807, 2.05) is 0 Å². The van der Waals surface area contributed by atoms with Crippen LogP contribution in [0.15, 0.2) is 24.3 Å². The Morgan fingerprint density at radius 3 is 2.39 bits per heavy atom. The summed E-state index contributed by atoms with van der Waals surface area (Å²) >= 11 is 0. The van der Waals surface area contributed by atoms with Crippen LogP contribution in [0, 0.1) is 0 Å². The van der Waals surface area contributed by atoms with Gasteiger partial charge in [-0.05, 0) is 43.7 Å². The summed E-state index contributed by atoms with van der Waals surface area (Å²) in [5, 5.41) is 20.4. The Morgan fingerprint density at radius 1 is 1.28 bits per heavy atom. The molecule has 0 aliphatic rings. The van der Waals surface area contributed by atoms with E-state index in [2.05, 4.69) is 5.32 Å². The highest BCUT2D eigenvalue weighted by Gasteiger charge is 2.19. The molecule has 5 N–H and O–H groups in total. The van der Waals surface area contributed by atoms with Crippen molar-refractivity contribution in [3.8, 4) is 5.75 Å². The molecule has 0 saturated carbocycles. The Labute approximate surface area is 104 Å². The fourth-order valence-corrected chi connectivity index (χ4v) is 1.43. The molecule has 0 aliphatic heterocycles. The molecule has 0 aliphatic carbocycles. The van der Waals surface area contributed by atoms with E-state index in [1.54, 1.807) is 0 Å². The first-order valence-corrected chi connectivity index (χ1v) is 5.57. The minimum Gasteiger partial charge on any atom is -0.508 e. The summed E-state index contributed by atoms with van der Waals surface area (Å²) in [5.74, 6) is -1.53. The summed E-state index contributed by atoms with van der Waals surface area (Å²) in [7, 11) is 0. The SMILES string of the molecule is NCCCC(NC(=O)c1ccc(O)cc1)C(=O)O. The summed E-state index contributed by atoms with van der Waals surface area (Å²) in [6.07, 6.45) is 0.808. The van der Waals surface area contributed by atoms with E-state index in [0.29, 0.717) is 18.5 Å². The smallest absolute Gasteiger partial charge is 0.326 e. The molecule has 0 aromatic heterocycles. The number of phenols is 1. The number of carbonyl (C=O) groups excluding carboxylic acids is 1. The summed E-state index contributed by atoms with van der Waals surface area (Å²) in [4.78, 5) is 22.7. The fourth-order valence-electron chi connectivity index (χ4n) is 1.43. The van der Waals surface area contributed by atoms with Gasteiger partial charge in [0.05, 0.1) is 0 Å². The van der Waals surface area contributed by atoms with Crippen LogP contribution in [-0.4, -0.2) is 34.7 Å². The second-order valence-corrected chi connectivity index (χ2v) is 3.84. The van der Waals surface area contributed by atoms with Gasteiger partial charge >= 0.3 is 5.97 Å². The molecule has 0 saturated heterocycles. The Hall–Kier alpha value is -2.08. The van der Waals surface area contributed by atoms with Crippen molar-refractivity contribution in [2.45, 2.75) is 18.9 Å². The molecule has 0 radical (unpaired) electrons. The third kappa shape index (κ3) is 4.06. The first kappa shape index (κ1) is 14.0. The molecule has 0 spiro atoms. The monoisotopic (exact) mass is 252 g/mol. The topological polar surface area (TPSA) is 113 Å². The average Bonchev–Trinajstić information content (AvgIpc) is 2.34. The lowest BCUT2D eigenvalue weighted by molar-refractivity contribution is -0.139. The first-order valence-electron chi connectivity index (χ1n) is 5.57. The number of aliphatic carboxylic acids is 1. The van der Waals surface area contributed by atoms with Crippen molar-refractivity contribution in [3.05, 3.63) is 29.8 Å². The minimum absolute atomic E-state index is 0.0458. The zero-order valence-electron chi connectivity index (χ0n) is 9.80. The van der Waals surface area contributed by atoms with Gasteiger partial charge in [-0.15, -0.1) is 0 Å². The molecule has 18 heavy (non-hydrogen) atoms. The Morgan fingerprint density at radius 2 is 1.89 bits per heavy atom. The highest BCUT2D eigenvalue weighted by atomic mass is 16.4. The predicted octanol–water partition coefficient (Wildman–Crippen LogP) is 0.314. The molecule has 1 amide bonds. The largest absolute Gasteiger partial charge is 0.508 e. The Bertz CT molecular complexity index is 417. The van der Waals surface area contributed by atoms with Crippen LogP contribution < -0.4 is 11.1 Å². The van der Waals surface area contributed by atoms with E-state index in [-0.39, 0.29) is 12.2 Å². The second-order valence-electron chi connectivity index (χ2n) is 3.84. The van der Waals surface area contributed by atoms with E-state index in [9.17, 15) is 9.59 Å². The van der Waals surface area contributed by atoms with Gasteiger partial charge in [0, 0.05) is 5.56 Å². The van der Waals surface area contributed by atoms with Gasteiger partial charge in [0.2, 0.25) is 0 Å². The van der Waals surface area contributed by atoms with Crippen LogP contribution in [0.5, 0.6) is 5.75 Å². The number of aromatic hydroxyl groups is 1. The van der Waals surface area contributed by atoms with Crippen LogP contribution in [0.1, 0.15) is 23.2 Å². The van der Waals surface area contributed by atoms with E-state index in [0.717, 1.165) is 0 Å². The van der Waals surface area contributed by atoms with Gasteiger partial charge in [0.15, 0.2) is 0 Å². The molecule has 98 valence electrons. The van der Waals surface area contributed by atoms with Crippen LogP contribution in [0.3, 0.4) is 0 Å². The minimum atomic E-state index is -1.09. The van der Waals surface area contributed by atoms with Crippen molar-refractivity contribution < 1.29 is 19.8 Å². The van der Waals surface area contributed by atoms with Crippen molar-refractivity contribution in [2.24, 2.45) is 5.73 Å². The number of phenolic OH excluding ortho intramolecular Hbond substituents is 1. The molecule has 1 aromatic carbocycles. The van der Waals surface area contributed by atoms with E-state index in [1.165, 1.54) is 24.3 Å². The summed E-state index contributed by atoms with van der Waals surface area (Å²) < 4.78 is 0. The normalized spacial score (nSPS) is 11.8. The van der Waals surface area contributed by atoms with Crippen LogP contribution >= 0.6 is 0 Å². The summed E-state index contributed by atoms with van der Waals surface area (Å²) in [6.45, 7) is 0.374. The molecule has 6 nitrogen and oxygen atoms in total. The molecule has 1 aromatic rings. The van der Waals surface area contributed by atoms with Crippen LogP contribution in [0.2, 0.25) is 0 Å². The molecule has 0 bridgehead atoms. The van der Waals surface area contributed by atoms with Crippen molar-refractivity contribution in [1.82, 2.24) is 5.32 Å². The third-order valence-corrected chi connectivity index (χ3v) is 2.43. The van der Waals surface area contributed by atoms with Crippen LogP contribution in [0.25, 0.3) is 0 Å². The number of carboxylic acids is 1. The highest BCUT2D eigenvalue weighted by molar-refractivity contribution is 5.96. The summed E-state index contributed by atoms with van der Waals surface area (Å²) in [6, 6.07) is 4.63. The number of benzene rings is 1. The summed E-state index contributed by atoms with van der Waals surface area (Å²) in [5.41, 5.74) is 5.60. The lowest BCUT2D eigenvalue weighted by Gasteiger charge is -2.14. The molecule has 0 heterocycles. The maximum absolute atomic E-state index is 11.7. The average molecular weight is 252 g/mol. The van der Waals surface area contributed by atoms with Gasteiger partial charge in [-0.3, -0.25) is 4.79 Å². The quantitative estimate of drug-likeness (QED) is 0.582. The van der Waals surface area contributed by atoms with Crippen molar-refractivity contribution in [3.63, 3.8) is 0 Å². The number of hydrogen-bond acceptors (Lipinski definition) is 4. The molecule has 0 fully saturated rings. The van der Waals surface area contributed by atoms with Gasteiger partial charge in [0.1, 0.15) is 11.8 Å².